The summed E-state index contributed by atoms with van der Waals surface area (Å²) in [5.74, 6) is 1.71. The van der Waals surface area contributed by atoms with Gasteiger partial charge in [0.15, 0.2) is 0 Å². The van der Waals surface area contributed by atoms with Crippen LogP contribution in [-0.4, -0.2) is 14.8 Å². The molecule has 0 fully saturated rings. The number of benzene rings is 1. The number of halogens is 2. The van der Waals surface area contributed by atoms with Crippen LogP contribution in [0.3, 0.4) is 0 Å². The van der Waals surface area contributed by atoms with Crippen LogP contribution < -0.4 is 0 Å². The number of hydrogen-bond donors (Lipinski definition) is 0. The molecular formula is C16H19F2N3. The monoisotopic (exact) mass is 291 g/mol. The largest absolute Gasteiger partial charge is 0.314 e. The number of rotatable bonds is 3. The summed E-state index contributed by atoms with van der Waals surface area (Å²) in [5, 5.41) is 8.50. The van der Waals surface area contributed by atoms with Crippen LogP contribution in [0, 0.1) is 17.6 Å². The maximum absolute atomic E-state index is 13.8. The summed E-state index contributed by atoms with van der Waals surface area (Å²) in [6, 6.07) is 3.84. The van der Waals surface area contributed by atoms with Crippen molar-refractivity contribution in [3.05, 3.63) is 47.0 Å². The number of fused-ring (bicyclic) bond motifs is 1. The second kappa shape index (κ2) is 5.54. The summed E-state index contributed by atoms with van der Waals surface area (Å²) in [4.78, 5) is 0. The molecule has 1 aromatic carbocycles. The first kappa shape index (κ1) is 14.2. The molecule has 0 amide bonds. The smallest absolute Gasteiger partial charge is 0.135 e. The van der Waals surface area contributed by atoms with Crippen LogP contribution in [0.2, 0.25) is 0 Å². The average Bonchev–Trinajstić information content (AvgIpc) is 2.85. The molecule has 0 N–H and O–H groups in total. The molecule has 1 atom stereocenters. The number of nitrogens with zero attached hydrogens (tertiary/aromatic N) is 3. The Balaban J connectivity index is 1.78. The lowest BCUT2D eigenvalue weighted by Crippen LogP contribution is -2.24. The Hall–Kier alpha value is -1.78. The highest BCUT2D eigenvalue weighted by molar-refractivity contribution is 5.19. The standard InChI is InChI=1S/C16H19F2N3/c1-10(2)16-20-19-15-6-3-11(9-21(15)16)7-12-4-5-13(17)8-14(12)18/h4-5,8,10-11H,3,6-7,9H2,1-2H3. The van der Waals surface area contributed by atoms with Gasteiger partial charge in [-0.15, -0.1) is 10.2 Å². The summed E-state index contributed by atoms with van der Waals surface area (Å²) in [7, 11) is 0. The fourth-order valence-corrected chi connectivity index (χ4v) is 3.01. The second-order valence-electron chi connectivity index (χ2n) is 6.08. The van der Waals surface area contributed by atoms with Gasteiger partial charge in [-0.05, 0) is 30.4 Å². The molecule has 0 aliphatic carbocycles. The zero-order chi connectivity index (χ0) is 15.0. The minimum Gasteiger partial charge on any atom is -0.314 e. The minimum atomic E-state index is -0.525. The molecule has 2 aromatic rings. The lowest BCUT2D eigenvalue weighted by molar-refractivity contribution is 0.350. The van der Waals surface area contributed by atoms with Gasteiger partial charge in [0.05, 0.1) is 0 Å². The molecule has 1 aliphatic rings. The van der Waals surface area contributed by atoms with Crippen LogP contribution in [0.25, 0.3) is 0 Å². The molecule has 0 bridgehead atoms. The van der Waals surface area contributed by atoms with Gasteiger partial charge in [0.25, 0.3) is 0 Å². The van der Waals surface area contributed by atoms with Gasteiger partial charge in [0, 0.05) is 24.9 Å². The van der Waals surface area contributed by atoms with E-state index in [1.54, 1.807) is 6.07 Å². The molecule has 0 saturated carbocycles. The number of hydrogen-bond acceptors (Lipinski definition) is 2. The van der Waals surface area contributed by atoms with Gasteiger partial charge in [-0.1, -0.05) is 19.9 Å². The fraction of sp³-hybridized carbons (Fsp3) is 0.500. The maximum atomic E-state index is 13.8. The third-order valence-corrected chi connectivity index (χ3v) is 4.11. The fourth-order valence-electron chi connectivity index (χ4n) is 3.01. The van der Waals surface area contributed by atoms with Gasteiger partial charge >= 0.3 is 0 Å². The van der Waals surface area contributed by atoms with Crippen LogP contribution >= 0.6 is 0 Å². The Morgan fingerprint density at radius 3 is 2.81 bits per heavy atom. The first-order valence-electron chi connectivity index (χ1n) is 7.40. The van der Waals surface area contributed by atoms with E-state index in [1.807, 2.05) is 0 Å². The van der Waals surface area contributed by atoms with E-state index < -0.39 is 11.6 Å². The van der Waals surface area contributed by atoms with Crippen LogP contribution in [-0.2, 0) is 19.4 Å². The van der Waals surface area contributed by atoms with Crippen molar-refractivity contribution in [1.82, 2.24) is 14.8 Å². The summed E-state index contributed by atoms with van der Waals surface area (Å²) in [5.41, 5.74) is 0.587. The normalized spacial score (nSPS) is 18.0. The van der Waals surface area contributed by atoms with E-state index in [-0.39, 0.29) is 0 Å². The summed E-state index contributed by atoms with van der Waals surface area (Å²) >= 11 is 0. The molecule has 1 aliphatic heterocycles. The van der Waals surface area contributed by atoms with Crippen molar-refractivity contribution in [2.24, 2.45) is 5.92 Å². The van der Waals surface area contributed by atoms with Gasteiger partial charge in [0.1, 0.15) is 23.3 Å². The third kappa shape index (κ3) is 2.82. The molecule has 2 heterocycles. The zero-order valence-electron chi connectivity index (χ0n) is 12.3. The Kier molecular flexibility index (Phi) is 3.74. The quantitative estimate of drug-likeness (QED) is 0.866. The van der Waals surface area contributed by atoms with E-state index >= 15 is 0 Å². The zero-order valence-corrected chi connectivity index (χ0v) is 12.3. The molecule has 0 spiro atoms. The summed E-state index contributed by atoms with van der Waals surface area (Å²) in [6.07, 6.45) is 2.46. The lowest BCUT2D eigenvalue weighted by Gasteiger charge is -2.25. The predicted octanol–water partition coefficient (Wildman–Crippen LogP) is 3.48. The molecule has 1 aromatic heterocycles. The first-order chi connectivity index (χ1) is 10.0. The van der Waals surface area contributed by atoms with E-state index in [0.717, 1.165) is 37.1 Å². The van der Waals surface area contributed by atoms with Crippen molar-refractivity contribution in [2.45, 2.75) is 45.6 Å². The Morgan fingerprint density at radius 2 is 2.10 bits per heavy atom. The van der Waals surface area contributed by atoms with Crippen molar-refractivity contribution in [3.8, 4) is 0 Å². The second-order valence-corrected chi connectivity index (χ2v) is 6.08. The topological polar surface area (TPSA) is 30.7 Å². The van der Waals surface area contributed by atoms with Gasteiger partial charge < -0.3 is 4.57 Å². The van der Waals surface area contributed by atoms with Crippen molar-refractivity contribution >= 4 is 0 Å². The van der Waals surface area contributed by atoms with Crippen LogP contribution in [0.15, 0.2) is 18.2 Å². The minimum absolute atomic E-state index is 0.326. The van der Waals surface area contributed by atoms with E-state index in [1.165, 1.54) is 6.07 Å². The third-order valence-electron chi connectivity index (χ3n) is 4.11. The highest BCUT2D eigenvalue weighted by Gasteiger charge is 2.24. The van der Waals surface area contributed by atoms with Crippen LogP contribution in [0.4, 0.5) is 8.78 Å². The Labute approximate surface area is 123 Å². The van der Waals surface area contributed by atoms with E-state index in [2.05, 4.69) is 28.6 Å². The molecule has 112 valence electrons. The van der Waals surface area contributed by atoms with Gasteiger partial charge in [-0.25, -0.2) is 8.78 Å². The van der Waals surface area contributed by atoms with Crippen molar-refractivity contribution < 1.29 is 8.78 Å². The number of aromatic nitrogens is 3. The highest BCUT2D eigenvalue weighted by Crippen LogP contribution is 2.26. The molecule has 21 heavy (non-hydrogen) atoms. The molecule has 5 heteroatoms. The van der Waals surface area contributed by atoms with Gasteiger partial charge in [0.2, 0.25) is 0 Å². The Bertz CT molecular complexity index is 649. The summed E-state index contributed by atoms with van der Waals surface area (Å²) in [6.45, 7) is 5.01. The molecular weight excluding hydrogens is 272 g/mol. The molecule has 1 unspecified atom stereocenters. The SMILES string of the molecule is CC(C)c1nnc2n1CC(Cc1ccc(F)cc1F)CC2. The first-order valence-corrected chi connectivity index (χ1v) is 7.40. The van der Waals surface area contributed by atoms with Gasteiger partial charge in [-0.3, -0.25) is 0 Å². The van der Waals surface area contributed by atoms with E-state index in [0.29, 0.717) is 23.8 Å². The Morgan fingerprint density at radius 1 is 1.29 bits per heavy atom. The predicted molar refractivity (Wildman–Crippen MR) is 76.0 cm³/mol. The molecule has 0 radical (unpaired) electrons. The van der Waals surface area contributed by atoms with Crippen molar-refractivity contribution in [3.63, 3.8) is 0 Å². The lowest BCUT2D eigenvalue weighted by atomic mass is 9.91. The maximum Gasteiger partial charge on any atom is 0.135 e. The molecule has 3 nitrogen and oxygen atoms in total. The number of aryl methyl sites for hydroxylation is 1. The van der Waals surface area contributed by atoms with E-state index in [9.17, 15) is 8.78 Å². The van der Waals surface area contributed by atoms with Crippen molar-refractivity contribution in [2.75, 3.05) is 0 Å². The molecule has 0 saturated heterocycles. The van der Waals surface area contributed by atoms with E-state index in [4.69, 9.17) is 0 Å². The van der Waals surface area contributed by atoms with Crippen molar-refractivity contribution in [1.29, 1.82) is 0 Å². The molecule has 3 rings (SSSR count). The average molecular weight is 291 g/mol. The highest BCUT2D eigenvalue weighted by atomic mass is 19.1. The summed E-state index contributed by atoms with van der Waals surface area (Å²) < 4.78 is 28.9. The van der Waals surface area contributed by atoms with Crippen LogP contribution in [0.5, 0.6) is 0 Å². The van der Waals surface area contributed by atoms with Gasteiger partial charge in [-0.2, -0.15) is 0 Å². The van der Waals surface area contributed by atoms with Crippen LogP contribution in [0.1, 0.15) is 43.4 Å².